The van der Waals surface area contributed by atoms with Crippen molar-refractivity contribution in [2.75, 3.05) is 4.72 Å². The van der Waals surface area contributed by atoms with Gasteiger partial charge >= 0.3 is 5.69 Å². The fourth-order valence-corrected chi connectivity index (χ4v) is 2.69. The Morgan fingerprint density at radius 3 is 2.71 bits per heavy atom. The molecular weight excluding hydrogens is 270 g/mol. The lowest BCUT2D eigenvalue weighted by molar-refractivity contribution is 0.591. The van der Waals surface area contributed by atoms with Crippen LogP contribution in [0.3, 0.4) is 0 Å². The molecule has 0 radical (unpaired) electrons. The van der Waals surface area contributed by atoms with Gasteiger partial charge in [0.2, 0.25) is 0 Å². The van der Waals surface area contributed by atoms with Crippen molar-refractivity contribution in [3.05, 3.63) is 32.4 Å². The Kier molecular flexibility index (Phi) is 2.77. The quantitative estimate of drug-likeness (QED) is 0.637. The number of thiazole rings is 1. The Morgan fingerprint density at radius 2 is 2.12 bits per heavy atom. The molecule has 2 rings (SSSR count). The van der Waals surface area contributed by atoms with E-state index < -0.39 is 26.3 Å². The van der Waals surface area contributed by atoms with Crippen molar-refractivity contribution in [3.8, 4) is 0 Å². The average Bonchev–Trinajstić information content (AvgIpc) is 2.68. The summed E-state index contributed by atoms with van der Waals surface area (Å²) in [6.07, 6.45) is 1.40. The van der Waals surface area contributed by atoms with Gasteiger partial charge in [0.1, 0.15) is 0 Å². The number of sulfonamides is 1. The second-order valence-electron chi connectivity index (χ2n) is 2.75. The van der Waals surface area contributed by atoms with Crippen LogP contribution < -0.4 is 16.0 Å². The molecule has 3 N–H and O–H groups in total. The maximum Gasteiger partial charge on any atom is 0.342 e. The standard InChI is InChI=1S/C6H5N5O4S2/c12-3-4(9-10-5(13)8-3)17(14,15)11-6-7-1-2-16-6/h1-2H,(H,7,11)(H2,8,10,12,13). The first-order chi connectivity index (χ1) is 7.99. The van der Waals surface area contributed by atoms with E-state index in [-0.39, 0.29) is 5.13 Å². The van der Waals surface area contributed by atoms with Gasteiger partial charge in [0, 0.05) is 11.6 Å². The number of aromatic nitrogens is 4. The Balaban J connectivity index is 2.45. The number of hydrogen-bond acceptors (Lipinski definition) is 7. The van der Waals surface area contributed by atoms with E-state index in [4.69, 9.17) is 0 Å². The second-order valence-corrected chi connectivity index (χ2v) is 5.25. The highest BCUT2D eigenvalue weighted by Gasteiger charge is 2.21. The fourth-order valence-electron chi connectivity index (χ4n) is 0.956. The van der Waals surface area contributed by atoms with Crippen molar-refractivity contribution in [1.82, 2.24) is 20.2 Å². The second kappa shape index (κ2) is 4.10. The number of nitrogens with one attached hydrogen (secondary N) is 3. The Labute approximate surface area is 97.6 Å². The molecular formula is C6H5N5O4S2. The van der Waals surface area contributed by atoms with Crippen LogP contribution in [0.2, 0.25) is 0 Å². The number of rotatable bonds is 3. The summed E-state index contributed by atoms with van der Waals surface area (Å²) in [7, 11) is -4.16. The summed E-state index contributed by atoms with van der Waals surface area (Å²) in [5.41, 5.74) is -1.99. The van der Waals surface area contributed by atoms with Gasteiger partial charge in [-0.15, -0.1) is 11.3 Å². The third-order valence-electron chi connectivity index (χ3n) is 1.59. The normalized spacial score (nSPS) is 11.3. The van der Waals surface area contributed by atoms with Crippen molar-refractivity contribution in [1.29, 1.82) is 0 Å². The largest absolute Gasteiger partial charge is 0.342 e. The zero-order valence-corrected chi connectivity index (χ0v) is 9.63. The predicted octanol–water partition coefficient (Wildman–Crippen LogP) is -1.28. The van der Waals surface area contributed by atoms with E-state index in [1.807, 2.05) is 9.82 Å². The molecule has 0 saturated carbocycles. The maximum atomic E-state index is 11.7. The molecule has 11 heteroatoms. The highest BCUT2D eigenvalue weighted by Crippen LogP contribution is 2.13. The van der Waals surface area contributed by atoms with Crippen LogP contribution >= 0.6 is 11.3 Å². The van der Waals surface area contributed by atoms with Gasteiger partial charge < -0.3 is 0 Å². The van der Waals surface area contributed by atoms with Crippen molar-refractivity contribution in [2.24, 2.45) is 0 Å². The molecule has 0 aliphatic heterocycles. The van der Waals surface area contributed by atoms with E-state index >= 15 is 0 Å². The lowest BCUT2D eigenvalue weighted by atomic mass is 10.8. The summed E-state index contributed by atoms with van der Waals surface area (Å²) >= 11 is 1.04. The lowest BCUT2D eigenvalue weighted by Crippen LogP contribution is -2.31. The molecule has 2 aromatic rings. The predicted molar refractivity (Wildman–Crippen MR) is 58.4 cm³/mol. The van der Waals surface area contributed by atoms with Crippen molar-refractivity contribution < 1.29 is 8.42 Å². The highest BCUT2D eigenvalue weighted by molar-refractivity contribution is 7.92. The monoisotopic (exact) mass is 275 g/mol. The molecule has 0 aromatic carbocycles. The molecule has 2 heterocycles. The minimum Gasteiger partial charge on any atom is -0.270 e. The van der Waals surface area contributed by atoms with Crippen LogP contribution in [-0.2, 0) is 10.0 Å². The van der Waals surface area contributed by atoms with E-state index in [0.717, 1.165) is 11.3 Å². The van der Waals surface area contributed by atoms with Crippen molar-refractivity contribution in [2.45, 2.75) is 5.03 Å². The summed E-state index contributed by atoms with van der Waals surface area (Å²) in [4.78, 5) is 27.4. The third kappa shape index (κ3) is 2.39. The molecule has 0 bridgehead atoms. The van der Waals surface area contributed by atoms with Gasteiger partial charge in [0.15, 0.2) is 5.13 Å². The number of anilines is 1. The first-order valence-corrected chi connectivity index (χ1v) is 6.46. The Hall–Kier alpha value is -2.01. The van der Waals surface area contributed by atoms with E-state index in [1.165, 1.54) is 6.20 Å². The van der Waals surface area contributed by atoms with Crippen molar-refractivity contribution >= 4 is 26.5 Å². The number of aromatic amines is 2. The fraction of sp³-hybridized carbons (Fsp3) is 0. The number of hydrogen-bond donors (Lipinski definition) is 3. The van der Waals surface area contributed by atoms with Gasteiger partial charge in [-0.3, -0.25) is 14.5 Å². The van der Waals surface area contributed by atoms with Gasteiger partial charge in [-0.25, -0.2) is 14.9 Å². The highest BCUT2D eigenvalue weighted by atomic mass is 32.2. The summed E-state index contributed by atoms with van der Waals surface area (Å²) < 4.78 is 25.4. The Morgan fingerprint density at radius 1 is 1.35 bits per heavy atom. The minimum absolute atomic E-state index is 0.0948. The molecule has 0 spiro atoms. The van der Waals surface area contributed by atoms with Gasteiger partial charge in [-0.2, -0.15) is 13.5 Å². The van der Waals surface area contributed by atoms with Crippen molar-refractivity contribution in [3.63, 3.8) is 0 Å². The van der Waals surface area contributed by atoms with E-state index in [9.17, 15) is 18.0 Å². The van der Waals surface area contributed by atoms with Crippen LogP contribution in [0.25, 0.3) is 0 Å². The number of H-pyrrole nitrogens is 2. The van der Waals surface area contributed by atoms with Gasteiger partial charge in [-0.1, -0.05) is 0 Å². The third-order valence-corrected chi connectivity index (χ3v) is 3.65. The van der Waals surface area contributed by atoms with Crippen LogP contribution in [0, 0.1) is 0 Å². The van der Waals surface area contributed by atoms with Crippen LogP contribution in [0.1, 0.15) is 0 Å². The van der Waals surface area contributed by atoms with Crippen LogP contribution in [0.15, 0.2) is 26.2 Å². The van der Waals surface area contributed by atoms with Crippen LogP contribution in [0.5, 0.6) is 0 Å². The van der Waals surface area contributed by atoms with Crippen LogP contribution in [-0.4, -0.2) is 28.6 Å². The van der Waals surface area contributed by atoms with Gasteiger partial charge in [0.25, 0.3) is 20.6 Å². The molecule has 0 fully saturated rings. The molecule has 0 unspecified atom stereocenters. The lowest BCUT2D eigenvalue weighted by Gasteiger charge is -2.01. The van der Waals surface area contributed by atoms with E-state index in [0.29, 0.717) is 0 Å². The molecule has 0 saturated heterocycles. The molecule has 2 aromatic heterocycles. The van der Waals surface area contributed by atoms with E-state index in [2.05, 4.69) is 10.1 Å². The smallest absolute Gasteiger partial charge is 0.270 e. The SMILES string of the molecule is O=c1[nH]nc(S(=O)(=O)Nc2nccs2)c(=O)[nH]1. The first kappa shape index (κ1) is 11.5. The molecule has 0 atom stereocenters. The zero-order chi connectivity index (χ0) is 12.5. The first-order valence-electron chi connectivity index (χ1n) is 4.10. The topological polar surface area (TPSA) is 138 Å². The van der Waals surface area contributed by atoms with Gasteiger partial charge in [-0.05, 0) is 0 Å². The summed E-state index contributed by atoms with van der Waals surface area (Å²) in [6.45, 7) is 0. The molecule has 90 valence electrons. The molecule has 0 aliphatic rings. The zero-order valence-electron chi connectivity index (χ0n) is 8.00. The minimum atomic E-state index is -4.16. The van der Waals surface area contributed by atoms with E-state index in [1.54, 1.807) is 10.4 Å². The molecule has 9 nitrogen and oxygen atoms in total. The molecule has 0 amide bonds. The number of nitrogens with zero attached hydrogens (tertiary/aromatic N) is 2. The maximum absolute atomic E-state index is 11.7. The summed E-state index contributed by atoms with van der Waals surface area (Å²) in [5.74, 6) is 0. The molecule has 0 aliphatic carbocycles. The molecule has 17 heavy (non-hydrogen) atoms. The van der Waals surface area contributed by atoms with Gasteiger partial charge in [0.05, 0.1) is 0 Å². The van der Waals surface area contributed by atoms with Crippen LogP contribution in [0.4, 0.5) is 5.13 Å². The summed E-state index contributed by atoms with van der Waals surface area (Å²) in [6, 6.07) is 0. The Bertz CT molecular complexity index is 728. The average molecular weight is 275 g/mol. The summed E-state index contributed by atoms with van der Waals surface area (Å²) in [5, 5.41) is 5.83.